The van der Waals surface area contributed by atoms with Gasteiger partial charge in [0.2, 0.25) is 0 Å². The first-order chi connectivity index (χ1) is 6.34. The lowest BCUT2D eigenvalue weighted by Gasteiger charge is -1.98. The fraction of sp³-hybridized carbons (Fsp3) is 0.222. The van der Waals surface area contributed by atoms with Crippen LogP contribution in [0.15, 0.2) is 29.4 Å². The zero-order chi connectivity index (χ0) is 9.10. The van der Waals surface area contributed by atoms with Crippen molar-refractivity contribution >= 4 is 17.2 Å². The second kappa shape index (κ2) is 3.62. The summed E-state index contributed by atoms with van der Waals surface area (Å²) in [5, 5.41) is 4.26. The Morgan fingerprint density at radius 3 is 3.08 bits per heavy atom. The molecule has 0 aromatic carbocycles. The summed E-state index contributed by atoms with van der Waals surface area (Å²) in [7, 11) is 0. The van der Waals surface area contributed by atoms with Crippen LogP contribution in [-0.2, 0) is 13.0 Å². The van der Waals surface area contributed by atoms with Gasteiger partial charge in [-0.05, 0) is 28.8 Å². The molecule has 0 unspecified atom stereocenters. The van der Waals surface area contributed by atoms with E-state index in [1.54, 1.807) is 17.7 Å². The molecule has 2 rings (SSSR count). The van der Waals surface area contributed by atoms with Gasteiger partial charge in [-0.1, -0.05) is 0 Å². The molecule has 2 aromatic heterocycles. The first-order valence-corrected chi connectivity index (χ1v) is 5.07. The number of aryl methyl sites for hydroxylation is 2. The fourth-order valence-corrected chi connectivity index (χ4v) is 1.90. The summed E-state index contributed by atoms with van der Waals surface area (Å²) in [6.45, 7) is 0.945. The van der Waals surface area contributed by atoms with Crippen LogP contribution >= 0.6 is 11.3 Å². The molecule has 0 amide bonds. The van der Waals surface area contributed by atoms with Crippen molar-refractivity contribution in [2.75, 3.05) is 5.73 Å². The van der Waals surface area contributed by atoms with Crippen molar-refractivity contribution in [1.82, 2.24) is 9.55 Å². The summed E-state index contributed by atoms with van der Waals surface area (Å²) < 4.78 is 2.01. The van der Waals surface area contributed by atoms with Gasteiger partial charge in [-0.25, -0.2) is 4.98 Å². The quantitative estimate of drug-likeness (QED) is 0.807. The maximum atomic E-state index is 5.50. The van der Waals surface area contributed by atoms with Gasteiger partial charge in [0.25, 0.3) is 0 Å². The largest absolute Gasteiger partial charge is 0.382 e. The van der Waals surface area contributed by atoms with Gasteiger partial charge in [0.15, 0.2) is 0 Å². The van der Waals surface area contributed by atoms with Crippen molar-refractivity contribution in [3.8, 4) is 0 Å². The van der Waals surface area contributed by atoms with Crippen LogP contribution in [0, 0.1) is 0 Å². The predicted molar refractivity (Wildman–Crippen MR) is 54.7 cm³/mol. The minimum absolute atomic E-state index is 0.588. The molecule has 0 saturated carbocycles. The fourth-order valence-electron chi connectivity index (χ4n) is 1.19. The van der Waals surface area contributed by atoms with Crippen LogP contribution in [0.1, 0.15) is 5.56 Å². The molecule has 0 radical (unpaired) electrons. The lowest BCUT2D eigenvalue weighted by molar-refractivity contribution is 0.697. The van der Waals surface area contributed by atoms with Gasteiger partial charge < -0.3 is 10.3 Å². The highest BCUT2D eigenvalue weighted by Crippen LogP contribution is 2.08. The Morgan fingerprint density at radius 2 is 2.46 bits per heavy atom. The summed E-state index contributed by atoms with van der Waals surface area (Å²) >= 11 is 1.73. The summed E-state index contributed by atoms with van der Waals surface area (Å²) in [6, 6.07) is 2.14. The highest BCUT2D eigenvalue weighted by atomic mass is 32.1. The van der Waals surface area contributed by atoms with Crippen molar-refractivity contribution in [3.63, 3.8) is 0 Å². The topological polar surface area (TPSA) is 43.8 Å². The normalized spacial score (nSPS) is 10.5. The lowest BCUT2D eigenvalue weighted by atomic mass is 10.2. The second-order valence-electron chi connectivity index (χ2n) is 2.92. The number of hydrogen-bond acceptors (Lipinski definition) is 3. The molecule has 0 fully saturated rings. The van der Waals surface area contributed by atoms with E-state index in [0.29, 0.717) is 5.82 Å². The van der Waals surface area contributed by atoms with Crippen LogP contribution in [0.3, 0.4) is 0 Å². The average Bonchev–Trinajstić information content (AvgIpc) is 2.71. The molecule has 2 N–H and O–H groups in total. The summed E-state index contributed by atoms with van der Waals surface area (Å²) in [5.41, 5.74) is 6.87. The molecule has 0 bridgehead atoms. The Kier molecular flexibility index (Phi) is 2.31. The van der Waals surface area contributed by atoms with Gasteiger partial charge in [-0.15, -0.1) is 0 Å². The molecule has 0 aliphatic carbocycles. The number of imidazole rings is 1. The number of hydrogen-bond donors (Lipinski definition) is 1. The Labute approximate surface area is 80.8 Å². The van der Waals surface area contributed by atoms with Crippen molar-refractivity contribution in [1.29, 1.82) is 0 Å². The Balaban J connectivity index is 1.93. The third-order valence-electron chi connectivity index (χ3n) is 1.89. The first kappa shape index (κ1) is 8.31. The molecule has 68 valence electrons. The van der Waals surface area contributed by atoms with Crippen molar-refractivity contribution in [2.24, 2.45) is 0 Å². The summed E-state index contributed by atoms with van der Waals surface area (Å²) in [4.78, 5) is 3.96. The van der Waals surface area contributed by atoms with E-state index >= 15 is 0 Å². The molecule has 3 nitrogen and oxygen atoms in total. The second-order valence-corrected chi connectivity index (χ2v) is 3.70. The minimum atomic E-state index is 0.588. The van der Waals surface area contributed by atoms with Crippen LogP contribution in [0.5, 0.6) is 0 Å². The van der Waals surface area contributed by atoms with E-state index < -0.39 is 0 Å². The molecule has 0 atom stereocenters. The van der Waals surface area contributed by atoms with Crippen LogP contribution in [0.2, 0.25) is 0 Å². The lowest BCUT2D eigenvalue weighted by Crippen LogP contribution is -1.97. The number of aromatic nitrogens is 2. The Bertz CT molecular complexity index is 364. The molecule has 0 aliphatic heterocycles. The van der Waals surface area contributed by atoms with E-state index in [4.69, 9.17) is 5.73 Å². The molecule has 4 heteroatoms. The van der Waals surface area contributed by atoms with E-state index in [1.165, 1.54) is 5.56 Å². The van der Waals surface area contributed by atoms with Crippen LogP contribution < -0.4 is 5.73 Å². The summed E-state index contributed by atoms with van der Waals surface area (Å²) in [5.74, 6) is 0.588. The van der Waals surface area contributed by atoms with Gasteiger partial charge >= 0.3 is 0 Å². The highest BCUT2D eigenvalue weighted by Gasteiger charge is 1.95. The number of nitrogens with zero attached hydrogens (tertiary/aromatic N) is 2. The SMILES string of the molecule is Nc1cn(CCc2ccsc2)cn1. The van der Waals surface area contributed by atoms with E-state index in [9.17, 15) is 0 Å². The maximum absolute atomic E-state index is 5.50. The number of anilines is 1. The third kappa shape index (κ3) is 2.09. The van der Waals surface area contributed by atoms with E-state index in [-0.39, 0.29) is 0 Å². The van der Waals surface area contributed by atoms with Crippen LogP contribution in [-0.4, -0.2) is 9.55 Å². The van der Waals surface area contributed by atoms with Crippen LogP contribution in [0.25, 0.3) is 0 Å². The molecule has 0 saturated heterocycles. The average molecular weight is 193 g/mol. The maximum Gasteiger partial charge on any atom is 0.141 e. The highest BCUT2D eigenvalue weighted by molar-refractivity contribution is 7.07. The van der Waals surface area contributed by atoms with Gasteiger partial charge in [-0.3, -0.25) is 0 Å². The Morgan fingerprint density at radius 1 is 1.54 bits per heavy atom. The zero-order valence-electron chi connectivity index (χ0n) is 7.18. The van der Waals surface area contributed by atoms with Gasteiger partial charge in [0.05, 0.1) is 6.33 Å². The van der Waals surface area contributed by atoms with Crippen molar-refractivity contribution in [2.45, 2.75) is 13.0 Å². The van der Waals surface area contributed by atoms with Gasteiger partial charge in [-0.2, -0.15) is 11.3 Å². The number of nitrogens with two attached hydrogens (primary N) is 1. The smallest absolute Gasteiger partial charge is 0.141 e. The summed E-state index contributed by atoms with van der Waals surface area (Å²) in [6.07, 6.45) is 4.66. The van der Waals surface area contributed by atoms with Crippen molar-refractivity contribution < 1.29 is 0 Å². The molecule has 2 heterocycles. The van der Waals surface area contributed by atoms with Crippen molar-refractivity contribution in [3.05, 3.63) is 34.9 Å². The monoisotopic (exact) mass is 193 g/mol. The molecule has 0 aliphatic rings. The van der Waals surface area contributed by atoms with E-state index in [1.807, 2.05) is 10.8 Å². The molecule has 0 spiro atoms. The first-order valence-electron chi connectivity index (χ1n) is 4.13. The molecular formula is C9H11N3S. The molecule has 2 aromatic rings. The number of nitrogen functional groups attached to an aromatic ring is 1. The van der Waals surface area contributed by atoms with E-state index in [2.05, 4.69) is 21.8 Å². The minimum Gasteiger partial charge on any atom is -0.382 e. The van der Waals surface area contributed by atoms with E-state index in [0.717, 1.165) is 13.0 Å². The van der Waals surface area contributed by atoms with Crippen LogP contribution in [0.4, 0.5) is 5.82 Å². The number of thiophene rings is 1. The number of rotatable bonds is 3. The molecular weight excluding hydrogens is 182 g/mol. The molecule has 13 heavy (non-hydrogen) atoms. The standard InChI is InChI=1S/C9H11N3S/c10-9-5-12(7-11-9)3-1-8-2-4-13-6-8/h2,4-7H,1,3,10H2. The predicted octanol–water partition coefficient (Wildman–Crippen LogP) is 1.77. The zero-order valence-corrected chi connectivity index (χ0v) is 8.00. The van der Waals surface area contributed by atoms with Gasteiger partial charge in [0.1, 0.15) is 5.82 Å². The third-order valence-corrected chi connectivity index (χ3v) is 2.62. The van der Waals surface area contributed by atoms with Gasteiger partial charge in [0, 0.05) is 12.7 Å². The Hall–Kier alpha value is -1.29.